The van der Waals surface area contributed by atoms with Crippen LogP contribution in [0.4, 0.5) is 5.69 Å². The smallest absolute Gasteiger partial charge is 0.253 e. The molecule has 6 heteroatoms. The molecule has 1 aliphatic heterocycles. The second kappa shape index (κ2) is 8.47. The number of benzene rings is 2. The Morgan fingerprint density at radius 2 is 1.76 bits per heavy atom. The summed E-state index contributed by atoms with van der Waals surface area (Å²) >= 11 is 0. The van der Waals surface area contributed by atoms with Gasteiger partial charge in [-0.3, -0.25) is 14.4 Å². The lowest BCUT2D eigenvalue weighted by atomic mass is 9.95. The number of primary amides is 1. The molecule has 1 aliphatic rings. The van der Waals surface area contributed by atoms with Crippen LogP contribution in [-0.2, 0) is 4.79 Å². The molecule has 152 valence electrons. The van der Waals surface area contributed by atoms with Gasteiger partial charge in [-0.1, -0.05) is 29.3 Å². The maximum Gasteiger partial charge on any atom is 0.253 e. The maximum atomic E-state index is 13.0. The maximum absolute atomic E-state index is 13.0. The van der Waals surface area contributed by atoms with E-state index in [-0.39, 0.29) is 17.7 Å². The van der Waals surface area contributed by atoms with Crippen molar-refractivity contribution in [2.45, 2.75) is 33.6 Å². The number of carbonyl (C=O) groups is 3. The molecular weight excluding hydrogens is 366 g/mol. The number of anilines is 1. The average Bonchev–Trinajstić information content (AvgIpc) is 2.66. The van der Waals surface area contributed by atoms with Crippen LogP contribution in [0, 0.1) is 26.7 Å². The van der Waals surface area contributed by atoms with Crippen LogP contribution in [0.3, 0.4) is 0 Å². The Morgan fingerprint density at radius 1 is 1.07 bits per heavy atom. The Bertz CT molecular complexity index is 948. The molecule has 3 amide bonds. The lowest BCUT2D eigenvalue weighted by Crippen LogP contribution is -2.44. The van der Waals surface area contributed by atoms with Gasteiger partial charge in [-0.15, -0.1) is 0 Å². The van der Waals surface area contributed by atoms with Gasteiger partial charge in [0.25, 0.3) is 11.8 Å². The minimum Gasteiger partial charge on any atom is -0.366 e. The van der Waals surface area contributed by atoms with Crippen molar-refractivity contribution in [3.8, 4) is 0 Å². The first-order valence-electron chi connectivity index (χ1n) is 9.84. The SMILES string of the molecule is Cc1cc(C)cc(C(=O)N2CCCC(C(=O)Nc3cccc(C)c3C(N)=O)C2)c1. The third-order valence-electron chi connectivity index (χ3n) is 5.33. The third-order valence-corrected chi connectivity index (χ3v) is 5.33. The molecule has 2 aromatic carbocycles. The Labute approximate surface area is 171 Å². The zero-order valence-electron chi connectivity index (χ0n) is 17.1. The van der Waals surface area contributed by atoms with Gasteiger partial charge in [-0.05, 0) is 57.4 Å². The molecule has 2 aromatic rings. The van der Waals surface area contributed by atoms with E-state index in [2.05, 4.69) is 5.32 Å². The van der Waals surface area contributed by atoms with Crippen molar-refractivity contribution in [2.24, 2.45) is 11.7 Å². The van der Waals surface area contributed by atoms with E-state index in [1.807, 2.05) is 32.0 Å². The highest BCUT2D eigenvalue weighted by atomic mass is 16.2. The Hall–Kier alpha value is -3.15. The highest BCUT2D eigenvalue weighted by Crippen LogP contribution is 2.24. The molecule has 0 saturated carbocycles. The summed E-state index contributed by atoms with van der Waals surface area (Å²) in [5.74, 6) is -1.16. The summed E-state index contributed by atoms with van der Waals surface area (Å²) in [5.41, 5.74) is 9.66. The van der Waals surface area contributed by atoms with E-state index < -0.39 is 5.91 Å². The number of rotatable bonds is 4. The molecule has 0 aromatic heterocycles. The fraction of sp³-hybridized carbons (Fsp3) is 0.348. The largest absolute Gasteiger partial charge is 0.366 e. The van der Waals surface area contributed by atoms with E-state index in [1.165, 1.54) is 0 Å². The molecule has 0 bridgehead atoms. The normalized spacial score (nSPS) is 16.4. The summed E-state index contributed by atoms with van der Waals surface area (Å²) in [6.07, 6.45) is 1.45. The predicted octanol–water partition coefficient (Wildman–Crippen LogP) is 3.20. The first kappa shape index (κ1) is 20.6. The highest BCUT2D eigenvalue weighted by molar-refractivity contribution is 6.04. The van der Waals surface area contributed by atoms with Gasteiger partial charge in [-0.2, -0.15) is 0 Å². The van der Waals surface area contributed by atoms with Gasteiger partial charge in [0, 0.05) is 18.7 Å². The molecule has 1 heterocycles. The standard InChI is InChI=1S/C23H27N3O3/c1-14-10-15(2)12-18(11-14)23(29)26-9-5-7-17(13-26)22(28)25-19-8-4-6-16(3)20(19)21(24)27/h4,6,8,10-12,17H,5,7,9,13H2,1-3H3,(H2,24,27)(H,25,28). The second-order valence-electron chi connectivity index (χ2n) is 7.82. The zero-order valence-corrected chi connectivity index (χ0v) is 17.1. The molecule has 0 radical (unpaired) electrons. The molecule has 3 rings (SSSR count). The van der Waals surface area contributed by atoms with Crippen LogP contribution in [0.15, 0.2) is 36.4 Å². The van der Waals surface area contributed by atoms with Crippen LogP contribution < -0.4 is 11.1 Å². The van der Waals surface area contributed by atoms with Crippen molar-refractivity contribution < 1.29 is 14.4 Å². The fourth-order valence-corrected chi connectivity index (χ4v) is 3.99. The van der Waals surface area contributed by atoms with Gasteiger partial charge in [0.05, 0.1) is 17.2 Å². The minimum absolute atomic E-state index is 0.0531. The number of hydrogen-bond donors (Lipinski definition) is 2. The van der Waals surface area contributed by atoms with E-state index in [0.717, 1.165) is 17.5 Å². The number of amides is 3. The molecule has 0 aliphatic carbocycles. The Morgan fingerprint density at radius 3 is 2.41 bits per heavy atom. The van der Waals surface area contributed by atoms with Gasteiger partial charge in [0.15, 0.2) is 0 Å². The molecule has 1 unspecified atom stereocenters. The van der Waals surface area contributed by atoms with Crippen LogP contribution in [0.25, 0.3) is 0 Å². The number of hydrogen-bond acceptors (Lipinski definition) is 3. The van der Waals surface area contributed by atoms with Crippen LogP contribution >= 0.6 is 0 Å². The molecular formula is C23H27N3O3. The van der Waals surface area contributed by atoms with Crippen molar-refractivity contribution >= 4 is 23.4 Å². The minimum atomic E-state index is -0.575. The van der Waals surface area contributed by atoms with Crippen LogP contribution in [0.2, 0.25) is 0 Å². The van der Waals surface area contributed by atoms with Crippen LogP contribution in [-0.4, -0.2) is 35.7 Å². The number of nitrogens with one attached hydrogen (secondary N) is 1. The van der Waals surface area contributed by atoms with Crippen molar-refractivity contribution in [1.29, 1.82) is 0 Å². The zero-order chi connectivity index (χ0) is 21.1. The number of aryl methyl sites for hydroxylation is 3. The Balaban J connectivity index is 1.74. The van der Waals surface area contributed by atoms with Crippen molar-refractivity contribution in [3.05, 3.63) is 64.2 Å². The van der Waals surface area contributed by atoms with Crippen LogP contribution in [0.5, 0.6) is 0 Å². The van der Waals surface area contributed by atoms with E-state index >= 15 is 0 Å². The lowest BCUT2D eigenvalue weighted by molar-refractivity contribution is -0.121. The van der Waals surface area contributed by atoms with Crippen LogP contribution in [0.1, 0.15) is 50.2 Å². The van der Waals surface area contributed by atoms with E-state index in [9.17, 15) is 14.4 Å². The summed E-state index contributed by atoms with van der Waals surface area (Å²) in [6.45, 7) is 6.70. The second-order valence-corrected chi connectivity index (χ2v) is 7.82. The van der Waals surface area contributed by atoms with Crippen molar-refractivity contribution in [3.63, 3.8) is 0 Å². The summed E-state index contributed by atoms with van der Waals surface area (Å²) < 4.78 is 0. The number of piperidine rings is 1. The molecule has 0 spiro atoms. The molecule has 29 heavy (non-hydrogen) atoms. The van der Waals surface area contributed by atoms with Gasteiger partial charge >= 0.3 is 0 Å². The molecule has 1 fully saturated rings. The summed E-state index contributed by atoms with van der Waals surface area (Å²) in [4.78, 5) is 39.3. The van der Waals surface area contributed by atoms with E-state index in [0.29, 0.717) is 41.9 Å². The monoisotopic (exact) mass is 393 g/mol. The number of nitrogens with two attached hydrogens (primary N) is 1. The summed E-state index contributed by atoms with van der Waals surface area (Å²) in [7, 11) is 0. The van der Waals surface area contributed by atoms with E-state index in [1.54, 1.807) is 30.0 Å². The molecule has 6 nitrogen and oxygen atoms in total. The number of likely N-dealkylation sites (tertiary alicyclic amines) is 1. The highest BCUT2D eigenvalue weighted by Gasteiger charge is 2.29. The van der Waals surface area contributed by atoms with Crippen molar-refractivity contribution in [2.75, 3.05) is 18.4 Å². The third kappa shape index (κ3) is 4.65. The predicted molar refractivity (Wildman–Crippen MR) is 113 cm³/mol. The van der Waals surface area contributed by atoms with Gasteiger partial charge in [0.1, 0.15) is 0 Å². The van der Waals surface area contributed by atoms with Crippen molar-refractivity contribution in [1.82, 2.24) is 4.90 Å². The molecule has 1 atom stereocenters. The molecule has 3 N–H and O–H groups in total. The van der Waals surface area contributed by atoms with Gasteiger partial charge in [0.2, 0.25) is 5.91 Å². The lowest BCUT2D eigenvalue weighted by Gasteiger charge is -2.32. The topological polar surface area (TPSA) is 92.5 Å². The average molecular weight is 393 g/mol. The quantitative estimate of drug-likeness (QED) is 0.835. The first-order valence-corrected chi connectivity index (χ1v) is 9.84. The van der Waals surface area contributed by atoms with Gasteiger partial charge in [-0.25, -0.2) is 0 Å². The van der Waals surface area contributed by atoms with E-state index in [4.69, 9.17) is 5.73 Å². The summed E-state index contributed by atoms with van der Waals surface area (Å²) in [6, 6.07) is 11.0. The summed E-state index contributed by atoms with van der Waals surface area (Å²) in [5, 5.41) is 2.84. The fourth-order valence-electron chi connectivity index (χ4n) is 3.99. The number of nitrogens with zero attached hydrogens (tertiary/aromatic N) is 1. The van der Waals surface area contributed by atoms with Gasteiger partial charge < -0.3 is 16.0 Å². The molecule has 1 saturated heterocycles. The first-order chi connectivity index (χ1) is 13.8. The number of carbonyl (C=O) groups excluding carboxylic acids is 3. The Kier molecular flexibility index (Phi) is 6.01.